The van der Waals surface area contributed by atoms with E-state index in [9.17, 15) is 9.28 Å². The minimum absolute atomic E-state index is 0.0583. The van der Waals surface area contributed by atoms with Crippen LogP contribution in [0.3, 0.4) is 0 Å². The number of hydrogen-bond acceptors (Lipinski definition) is 4. The van der Waals surface area contributed by atoms with E-state index in [0.29, 0.717) is 11.8 Å². The van der Waals surface area contributed by atoms with Gasteiger partial charge in [0.15, 0.2) is 0 Å². The Kier molecular flexibility index (Phi) is 5.85. The van der Waals surface area contributed by atoms with Crippen molar-refractivity contribution < 1.29 is 9.28 Å². The number of nitrogens with one attached hydrogen (secondary N) is 1. The van der Waals surface area contributed by atoms with Gasteiger partial charge in [-0.15, -0.1) is 9.60 Å². The maximum Gasteiger partial charge on any atom is 0.239 e. The Balaban J connectivity index is 4.33. The van der Waals surface area contributed by atoms with Crippen LogP contribution in [0.5, 0.6) is 0 Å². The molecule has 1 N–H and O–H groups in total. The van der Waals surface area contributed by atoms with Crippen molar-refractivity contribution in [2.24, 2.45) is 0 Å². The standard InChI is InChI=1S/C10H23FN4O/c1-10(2,9(16)12-3)14(5)7-13(4)8-15(6)11/h7-8H2,1-6H3,(H,12,16). The fraction of sp³-hybridized carbons (Fsp3) is 0.900. The van der Waals surface area contributed by atoms with E-state index in [-0.39, 0.29) is 12.6 Å². The first kappa shape index (κ1) is 15.3. The van der Waals surface area contributed by atoms with Gasteiger partial charge >= 0.3 is 0 Å². The van der Waals surface area contributed by atoms with Crippen LogP contribution in [-0.4, -0.2) is 67.9 Å². The average molecular weight is 234 g/mol. The van der Waals surface area contributed by atoms with Crippen LogP contribution in [0.4, 0.5) is 4.48 Å². The number of carbonyl (C=O) groups is 1. The van der Waals surface area contributed by atoms with Crippen LogP contribution in [0.2, 0.25) is 0 Å². The molecule has 1 amide bonds. The fourth-order valence-electron chi connectivity index (χ4n) is 1.40. The van der Waals surface area contributed by atoms with Crippen LogP contribution in [0.1, 0.15) is 13.8 Å². The zero-order chi connectivity index (χ0) is 12.9. The van der Waals surface area contributed by atoms with E-state index in [4.69, 9.17) is 0 Å². The molecule has 0 aromatic heterocycles. The first-order valence-corrected chi connectivity index (χ1v) is 5.20. The second-order valence-electron chi connectivity index (χ2n) is 4.58. The first-order valence-electron chi connectivity index (χ1n) is 5.20. The summed E-state index contributed by atoms with van der Waals surface area (Å²) in [5.41, 5.74) is -0.613. The molecule has 0 aromatic carbocycles. The van der Waals surface area contributed by atoms with Gasteiger partial charge in [0.25, 0.3) is 0 Å². The molecular formula is C10H23FN4O. The van der Waals surface area contributed by atoms with Gasteiger partial charge in [0.2, 0.25) is 5.91 Å². The molecule has 96 valence electrons. The number of nitrogens with zero attached hydrogens (tertiary/aromatic N) is 3. The number of halogens is 1. The predicted molar refractivity (Wildman–Crippen MR) is 62.3 cm³/mol. The van der Waals surface area contributed by atoms with Gasteiger partial charge in [-0.05, 0) is 27.9 Å². The lowest BCUT2D eigenvalue weighted by atomic mass is 10.0. The van der Waals surface area contributed by atoms with E-state index < -0.39 is 5.54 Å². The van der Waals surface area contributed by atoms with Crippen LogP contribution >= 0.6 is 0 Å². The van der Waals surface area contributed by atoms with E-state index in [1.54, 1.807) is 19.0 Å². The van der Waals surface area contributed by atoms with Crippen molar-refractivity contribution in [2.75, 3.05) is 41.5 Å². The van der Waals surface area contributed by atoms with Gasteiger partial charge in [0, 0.05) is 14.1 Å². The zero-order valence-corrected chi connectivity index (χ0v) is 11.0. The van der Waals surface area contributed by atoms with Crippen LogP contribution in [0.25, 0.3) is 0 Å². The highest BCUT2D eigenvalue weighted by Crippen LogP contribution is 2.12. The van der Waals surface area contributed by atoms with E-state index >= 15 is 0 Å². The maximum atomic E-state index is 12.6. The molecule has 0 rings (SSSR count). The third-order valence-corrected chi connectivity index (χ3v) is 2.63. The maximum absolute atomic E-state index is 12.6. The second-order valence-corrected chi connectivity index (χ2v) is 4.58. The Morgan fingerprint density at radius 3 is 2.12 bits per heavy atom. The van der Waals surface area contributed by atoms with E-state index in [0.717, 1.165) is 0 Å². The molecule has 0 aromatic rings. The third kappa shape index (κ3) is 4.42. The molecule has 0 heterocycles. The van der Waals surface area contributed by atoms with Crippen molar-refractivity contribution in [1.82, 2.24) is 20.2 Å². The van der Waals surface area contributed by atoms with Crippen LogP contribution in [0.15, 0.2) is 0 Å². The molecule has 0 saturated carbocycles. The minimum atomic E-state index is -0.613. The molecule has 0 aliphatic carbocycles. The molecule has 0 radical (unpaired) electrons. The van der Waals surface area contributed by atoms with Crippen LogP contribution in [-0.2, 0) is 4.79 Å². The molecule has 16 heavy (non-hydrogen) atoms. The fourth-order valence-corrected chi connectivity index (χ4v) is 1.40. The number of rotatable bonds is 6. The second kappa shape index (κ2) is 6.12. The topological polar surface area (TPSA) is 38.8 Å². The molecule has 0 spiro atoms. The smallest absolute Gasteiger partial charge is 0.239 e. The van der Waals surface area contributed by atoms with Crippen molar-refractivity contribution in [3.8, 4) is 0 Å². The Bertz CT molecular complexity index is 233. The lowest BCUT2D eigenvalue weighted by Crippen LogP contribution is -2.55. The monoisotopic (exact) mass is 234 g/mol. The largest absolute Gasteiger partial charge is 0.358 e. The molecule has 0 unspecified atom stereocenters. The molecule has 0 atom stereocenters. The lowest BCUT2D eigenvalue weighted by molar-refractivity contribution is -0.132. The molecular weight excluding hydrogens is 211 g/mol. The van der Waals surface area contributed by atoms with E-state index in [1.807, 2.05) is 25.8 Å². The van der Waals surface area contributed by atoms with Crippen LogP contribution in [0, 0.1) is 0 Å². The first-order chi connectivity index (χ1) is 7.21. The van der Waals surface area contributed by atoms with Gasteiger partial charge in [-0.25, -0.2) is 0 Å². The normalized spacial score (nSPS) is 12.6. The van der Waals surface area contributed by atoms with E-state index in [2.05, 4.69) is 5.32 Å². The Morgan fingerprint density at radius 2 is 1.75 bits per heavy atom. The summed E-state index contributed by atoms with van der Waals surface area (Å²) in [6.07, 6.45) is 0. The number of amides is 1. The summed E-state index contributed by atoms with van der Waals surface area (Å²) in [6, 6.07) is 0. The summed E-state index contributed by atoms with van der Waals surface area (Å²) in [4.78, 5) is 15.3. The van der Waals surface area contributed by atoms with Crippen molar-refractivity contribution in [1.29, 1.82) is 0 Å². The summed E-state index contributed by atoms with van der Waals surface area (Å²) in [7, 11) is 6.61. The summed E-state index contributed by atoms with van der Waals surface area (Å²) in [5.74, 6) is -0.0583. The number of hydrogen-bond donors (Lipinski definition) is 1. The van der Waals surface area contributed by atoms with Crippen molar-refractivity contribution in [3.05, 3.63) is 0 Å². The summed E-state index contributed by atoms with van der Waals surface area (Å²) in [5, 5.41) is 3.21. The van der Waals surface area contributed by atoms with Gasteiger partial charge in [0.1, 0.15) is 0 Å². The summed E-state index contributed by atoms with van der Waals surface area (Å²) in [6.45, 7) is 4.38. The van der Waals surface area contributed by atoms with Crippen molar-refractivity contribution in [2.45, 2.75) is 19.4 Å². The highest BCUT2D eigenvalue weighted by Gasteiger charge is 2.31. The van der Waals surface area contributed by atoms with Gasteiger partial charge < -0.3 is 5.32 Å². The van der Waals surface area contributed by atoms with Crippen LogP contribution < -0.4 is 5.32 Å². The van der Waals surface area contributed by atoms with Gasteiger partial charge in [-0.3, -0.25) is 14.6 Å². The minimum Gasteiger partial charge on any atom is -0.358 e. The van der Waals surface area contributed by atoms with Crippen molar-refractivity contribution >= 4 is 5.91 Å². The SMILES string of the molecule is CNC(=O)C(C)(C)N(C)CN(C)CN(C)F. The Hall–Kier alpha value is -0.720. The van der Waals surface area contributed by atoms with Gasteiger partial charge in [-0.1, -0.05) is 0 Å². The van der Waals surface area contributed by atoms with Gasteiger partial charge in [-0.2, -0.15) is 0 Å². The molecule has 0 saturated heterocycles. The lowest BCUT2D eigenvalue weighted by Gasteiger charge is -2.36. The molecule has 5 nitrogen and oxygen atoms in total. The average Bonchev–Trinajstić information content (AvgIpc) is 2.14. The molecule has 6 heteroatoms. The molecule has 0 bridgehead atoms. The van der Waals surface area contributed by atoms with Crippen molar-refractivity contribution in [3.63, 3.8) is 0 Å². The zero-order valence-electron chi connectivity index (χ0n) is 11.0. The molecule has 0 fully saturated rings. The molecule has 0 aliphatic heterocycles. The van der Waals surface area contributed by atoms with Gasteiger partial charge in [0.05, 0.1) is 18.9 Å². The number of likely N-dealkylation sites (N-methyl/N-ethyl adjacent to an activating group) is 2. The quantitative estimate of drug-likeness (QED) is 0.523. The highest BCUT2D eigenvalue weighted by atomic mass is 19.2. The Labute approximate surface area is 97.1 Å². The Morgan fingerprint density at radius 1 is 1.25 bits per heavy atom. The molecule has 0 aliphatic rings. The highest BCUT2D eigenvalue weighted by molar-refractivity contribution is 5.85. The van der Waals surface area contributed by atoms with E-state index in [1.165, 1.54) is 7.05 Å². The number of carbonyl (C=O) groups excluding carboxylic acids is 1. The summed E-state index contributed by atoms with van der Waals surface area (Å²) < 4.78 is 12.6. The predicted octanol–water partition coefficient (Wildman–Crippen LogP) is 0.106. The summed E-state index contributed by atoms with van der Waals surface area (Å²) >= 11 is 0. The third-order valence-electron chi connectivity index (χ3n) is 2.63.